The predicted octanol–water partition coefficient (Wildman–Crippen LogP) is -0.559. The molecule has 9 heteroatoms. The minimum absolute atomic E-state index is 0.108. The smallest absolute Gasteiger partial charge is 0.356 e. The number of hydrogen-bond acceptors (Lipinski definition) is 6. The summed E-state index contributed by atoms with van der Waals surface area (Å²) in [6.07, 6.45) is 1.84. The van der Waals surface area contributed by atoms with Crippen molar-refractivity contribution in [2.45, 2.75) is 32.4 Å². The monoisotopic (exact) mass is 306 g/mol. The summed E-state index contributed by atoms with van der Waals surface area (Å²) < 4.78 is 0. The number of nitrogens with one attached hydrogen (secondary N) is 1. The van der Waals surface area contributed by atoms with Gasteiger partial charge in [0.2, 0.25) is 5.91 Å². The van der Waals surface area contributed by atoms with Crippen molar-refractivity contribution in [3.63, 3.8) is 0 Å². The molecule has 0 spiro atoms. The maximum atomic E-state index is 12.0. The van der Waals surface area contributed by atoms with Gasteiger partial charge >= 0.3 is 5.97 Å². The van der Waals surface area contributed by atoms with Crippen molar-refractivity contribution in [2.75, 3.05) is 0 Å². The highest BCUT2D eigenvalue weighted by Gasteiger charge is 2.40. The number of rotatable bonds is 4. The van der Waals surface area contributed by atoms with Crippen LogP contribution in [0.1, 0.15) is 41.2 Å². The van der Waals surface area contributed by atoms with E-state index < -0.39 is 23.8 Å². The van der Waals surface area contributed by atoms with Gasteiger partial charge in [0, 0.05) is 6.04 Å². The number of carbonyl (C=O) groups is 4. The molecular weight excluding hydrogens is 292 g/mol. The number of imide groups is 1. The van der Waals surface area contributed by atoms with E-state index in [-0.39, 0.29) is 29.8 Å². The number of carboxylic acid groups (broad SMARTS) is 1. The number of likely N-dealkylation sites (tertiary alicyclic amines) is 1. The maximum absolute atomic E-state index is 12.0. The topological polar surface area (TPSA) is 130 Å². The van der Waals surface area contributed by atoms with Crippen LogP contribution in [0.2, 0.25) is 0 Å². The van der Waals surface area contributed by atoms with Crippen molar-refractivity contribution in [3.05, 3.63) is 23.8 Å². The molecule has 0 bridgehead atoms. The minimum Gasteiger partial charge on any atom is -0.476 e. The van der Waals surface area contributed by atoms with Crippen LogP contribution in [0.4, 0.5) is 0 Å². The molecule has 2 rings (SSSR count). The van der Waals surface area contributed by atoms with Gasteiger partial charge in [0.15, 0.2) is 5.69 Å². The van der Waals surface area contributed by atoms with Crippen molar-refractivity contribution in [2.24, 2.45) is 0 Å². The summed E-state index contributed by atoms with van der Waals surface area (Å²) in [4.78, 5) is 54.7. The second-order valence-electron chi connectivity index (χ2n) is 5.02. The average molecular weight is 306 g/mol. The van der Waals surface area contributed by atoms with E-state index in [0.717, 1.165) is 17.3 Å². The Morgan fingerprint density at radius 3 is 2.32 bits per heavy atom. The van der Waals surface area contributed by atoms with Crippen LogP contribution in [0.15, 0.2) is 12.4 Å². The molecule has 116 valence electrons. The molecule has 2 heterocycles. The Balaban J connectivity index is 2.08. The molecule has 1 aliphatic rings. The van der Waals surface area contributed by atoms with Gasteiger partial charge < -0.3 is 10.4 Å². The van der Waals surface area contributed by atoms with Gasteiger partial charge in [-0.15, -0.1) is 0 Å². The van der Waals surface area contributed by atoms with Gasteiger partial charge in [-0.05, 0) is 13.8 Å². The van der Waals surface area contributed by atoms with Gasteiger partial charge in [-0.3, -0.25) is 19.3 Å². The first-order valence-corrected chi connectivity index (χ1v) is 6.53. The number of nitrogens with zero attached hydrogens (tertiary/aromatic N) is 3. The van der Waals surface area contributed by atoms with Crippen LogP contribution in [0.25, 0.3) is 0 Å². The lowest BCUT2D eigenvalue weighted by Gasteiger charge is -2.19. The Hall–Kier alpha value is -2.84. The SMILES string of the molecule is CC(C)N1C(=O)CC(NC(=O)c2cnc(C(=O)O)cn2)C1=O. The highest BCUT2D eigenvalue weighted by Crippen LogP contribution is 2.16. The summed E-state index contributed by atoms with van der Waals surface area (Å²) in [6.45, 7) is 3.41. The zero-order chi connectivity index (χ0) is 16.4. The number of aromatic carboxylic acids is 1. The Morgan fingerprint density at radius 2 is 1.86 bits per heavy atom. The summed E-state index contributed by atoms with van der Waals surface area (Å²) >= 11 is 0. The second-order valence-corrected chi connectivity index (χ2v) is 5.02. The van der Waals surface area contributed by atoms with Crippen molar-refractivity contribution in [1.82, 2.24) is 20.2 Å². The molecule has 1 aromatic heterocycles. The number of amides is 3. The lowest BCUT2D eigenvalue weighted by Crippen LogP contribution is -2.44. The van der Waals surface area contributed by atoms with E-state index in [2.05, 4.69) is 15.3 Å². The zero-order valence-electron chi connectivity index (χ0n) is 11.9. The highest BCUT2D eigenvalue weighted by molar-refractivity contribution is 6.08. The largest absolute Gasteiger partial charge is 0.476 e. The normalized spacial score (nSPS) is 18.0. The fourth-order valence-electron chi connectivity index (χ4n) is 2.09. The minimum atomic E-state index is -1.26. The summed E-state index contributed by atoms with van der Waals surface area (Å²) in [5.41, 5.74) is -0.428. The Morgan fingerprint density at radius 1 is 1.27 bits per heavy atom. The molecule has 0 radical (unpaired) electrons. The van der Waals surface area contributed by atoms with E-state index in [1.165, 1.54) is 0 Å². The highest BCUT2D eigenvalue weighted by atomic mass is 16.4. The predicted molar refractivity (Wildman–Crippen MR) is 71.9 cm³/mol. The molecule has 0 saturated carbocycles. The first-order chi connectivity index (χ1) is 10.3. The van der Waals surface area contributed by atoms with Crippen LogP contribution in [0.5, 0.6) is 0 Å². The van der Waals surface area contributed by atoms with Gasteiger partial charge in [-0.1, -0.05) is 0 Å². The Labute approximate surface area is 125 Å². The molecule has 1 unspecified atom stereocenters. The van der Waals surface area contributed by atoms with E-state index in [4.69, 9.17) is 5.11 Å². The molecule has 22 heavy (non-hydrogen) atoms. The van der Waals surface area contributed by atoms with E-state index in [9.17, 15) is 19.2 Å². The van der Waals surface area contributed by atoms with E-state index >= 15 is 0 Å². The first-order valence-electron chi connectivity index (χ1n) is 6.53. The van der Waals surface area contributed by atoms with Crippen molar-refractivity contribution in [3.8, 4) is 0 Å². The fourth-order valence-corrected chi connectivity index (χ4v) is 2.09. The zero-order valence-corrected chi connectivity index (χ0v) is 11.9. The van der Waals surface area contributed by atoms with Crippen molar-refractivity contribution in [1.29, 1.82) is 0 Å². The standard InChI is InChI=1S/C13H14N4O5/c1-6(2)17-10(18)3-7(12(17)20)16-11(19)8-4-15-9(5-14-8)13(21)22/h4-7H,3H2,1-2H3,(H,16,19)(H,21,22). The molecular formula is C13H14N4O5. The lowest BCUT2D eigenvalue weighted by atomic mass is 10.2. The van der Waals surface area contributed by atoms with E-state index in [0.29, 0.717) is 0 Å². The van der Waals surface area contributed by atoms with Crippen LogP contribution < -0.4 is 5.32 Å². The third-order valence-corrected chi connectivity index (χ3v) is 3.11. The van der Waals surface area contributed by atoms with Crippen LogP contribution >= 0.6 is 0 Å². The molecule has 0 aliphatic carbocycles. The van der Waals surface area contributed by atoms with E-state index in [1.807, 2.05) is 0 Å². The second kappa shape index (κ2) is 5.88. The third-order valence-electron chi connectivity index (χ3n) is 3.11. The number of hydrogen-bond donors (Lipinski definition) is 2. The van der Waals surface area contributed by atoms with Crippen LogP contribution in [0.3, 0.4) is 0 Å². The van der Waals surface area contributed by atoms with Gasteiger partial charge in [-0.2, -0.15) is 0 Å². The summed E-state index contributed by atoms with van der Waals surface area (Å²) in [7, 11) is 0. The van der Waals surface area contributed by atoms with Crippen molar-refractivity contribution < 1.29 is 24.3 Å². The molecule has 1 fully saturated rings. The Kier molecular flexibility index (Phi) is 4.15. The molecule has 1 atom stereocenters. The summed E-state index contributed by atoms with van der Waals surface area (Å²) in [5, 5.41) is 11.1. The molecule has 1 aromatic rings. The van der Waals surface area contributed by atoms with Gasteiger partial charge in [0.25, 0.3) is 11.8 Å². The van der Waals surface area contributed by atoms with Gasteiger partial charge in [-0.25, -0.2) is 14.8 Å². The number of aromatic nitrogens is 2. The number of carboxylic acids is 1. The van der Waals surface area contributed by atoms with Crippen LogP contribution in [-0.2, 0) is 9.59 Å². The summed E-state index contributed by atoms with van der Waals surface area (Å²) in [5.74, 6) is -2.77. The van der Waals surface area contributed by atoms with Gasteiger partial charge in [0.1, 0.15) is 11.7 Å². The fraction of sp³-hybridized carbons (Fsp3) is 0.385. The third kappa shape index (κ3) is 2.92. The molecule has 1 aliphatic heterocycles. The quantitative estimate of drug-likeness (QED) is 0.713. The van der Waals surface area contributed by atoms with Crippen molar-refractivity contribution >= 4 is 23.7 Å². The number of carbonyl (C=O) groups excluding carboxylic acids is 3. The summed E-state index contributed by atoms with van der Waals surface area (Å²) in [6, 6.07) is -1.22. The molecule has 3 amide bonds. The average Bonchev–Trinajstić information content (AvgIpc) is 2.73. The Bertz CT molecular complexity index is 640. The van der Waals surface area contributed by atoms with E-state index in [1.54, 1.807) is 13.8 Å². The molecule has 0 aromatic carbocycles. The molecule has 2 N–H and O–H groups in total. The maximum Gasteiger partial charge on any atom is 0.356 e. The lowest BCUT2D eigenvalue weighted by molar-refractivity contribution is -0.140. The first kappa shape index (κ1) is 15.5. The van der Waals surface area contributed by atoms with Crippen LogP contribution in [-0.4, -0.2) is 55.7 Å². The molecule has 1 saturated heterocycles. The van der Waals surface area contributed by atoms with Crippen LogP contribution in [0, 0.1) is 0 Å². The van der Waals surface area contributed by atoms with Gasteiger partial charge in [0.05, 0.1) is 18.8 Å². The molecule has 9 nitrogen and oxygen atoms in total.